The highest BCUT2D eigenvalue weighted by Gasteiger charge is 2.35. The molecule has 0 radical (unpaired) electrons. The van der Waals surface area contributed by atoms with Crippen molar-refractivity contribution < 1.29 is 27.5 Å². The van der Waals surface area contributed by atoms with Gasteiger partial charge in [0, 0.05) is 19.5 Å². The molecule has 0 bridgehead atoms. The largest absolute Gasteiger partial charge is 0.497 e. The third-order valence-electron chi connectivity index (χ3n) is 7.52. The minimum Gasteiger partial charge on any atom is -0.497 e. The van der Waals surface area contributed by atoms with E-state index in [0.717, 1.165) is 21.0 Å². The number of methoxy groups -OCH3 is 2. The van der Waals surface area contributed by atoms with Crippen LogP contribution in [0.1, 0.15) is 30.0 Å². The van der Waals surface area contributed by atoms with Crippen LogP contribution in [-0.2, 0) is 32.6 Å². The summed E-state index contributed by atoms with van der Waals surface area (Å²) in [6, 6.07) is 28.9. The van der Waals surface area contributed by atoms with Gasteiger partial charge in [-0.1, -0.05) is 73.7 Å². The Kier molecular flexibility index (Phi) is 11.8. The van der Waals surface area contributed by atoms with Crippen molar-refractivity contribution in [2.45, 2.75) is 44.2 Å². The second-order valence-electron chi connectivity index (χ2n) is 10.9. The van der Waals surface area contributed by atoms with Gasteiger partial charge in [0.15, 0.2) is 0 Å². The van der Waals surface area contributed by atoms with E-state index in [1.54, 1.807) is 55.6 Å². The van der Waals surface area contributed by atoms with Gasteiger partial charge in [0.05, 0.1) is 24.8 Å². The molecule has 0 saturated carbocycles. The van der Waals surface area contributed by atoms with Crippen molar-refractivity contribution in [2.24, 2.45) is 0 Å². The summed E-state index contributed by atoms with van der Waals surface area (Å²) in [6.07, 6.45) is 0.940. The minimum absolute atomic E-state index is 0.0206. The molecule has 1 N–H and O–H groups in total. The van der Waals surface area contributed by atoms with Crippen molar-refractivity contribution >= 4 is 27.5 Å². The highest BCUT2D eigenvalue weighted by Crippen LogP contribution is 2.34. The third-order valence-corrected chi connectivity index (χ3v) is 9.29. The SMILES string of the molecule is CCCNC(=O)[C@H](Cc1ccccc1)N(Cc1cccc(OC)c1)C(=O)CN(c1cc(C)ccc1OC)S(=O)(=O)c1ccccc1. The van der Waals surface area contributed by atoms with Gasteiger partial charge in [-0.25, -0.2) is 8.42 Å². The standard InChI is InChI=1S/C36H41N3O6S/c1-5-21-37-36(41)33(24-28-13-8-6-9-14-28)38(25-29-15-12-16-30(23-29)44-3)35(40)26-39(32-22-27(2)19-20-34(32)45-4)46(42,43)31-17-10-7-11-18-31/h6-20,22-23,33H,5,21,24-26H2,1-4H3,(H,37,41)/t33-/m0/s1. The predicted octanol–water partition coefficient (Wildman–Crippen LogP) is 5.37. The second-order valence-corrected chi connectivity index (χ2v) is 12.7. The van der Waals surface area contributed by atoms with Crippen molar-refractivity contribution in [3.63, 3.8) is 0 Å². The normalized spacial score (nSPS) is 11.7. The number of sulfonamides is 1. The molecule has 4 aromatic carbocycles. The lowest BCUT2D eigenvalue weighted by atomic mass is 10.0. The Bertz CT molecular complexity index is 1710. The maximum Gasteiger partial charge on any atom is 0.264 e. The van der Waals surface area contributed by atoms with E-state index in [9.17, 15) is 18.0 Å². The van der Waals surface area contributed by atoms with Gasteiger partial charge in [0.1, 0.15) is 24.1 Å². The number of nitrogens with zero attached hydrogens (tertiary/aromatic N) is 2. The number of hydrogen-bond acceptors (Lipinski definition) is 6. The van der Waals surface area contributed by atoms with E-state index in [1.807, 2.05) is 56.3 Å². The fourth-order valence-corrected chi connectivity index (χ4v) is 6.55. The fraction of sp³-hybridized carbons (Fsp3) is 0.278. The number of rotatable bonds is 15. The first-order valence-electron chi connectivity index (χ1n) is 15.1. The summed E-state index contributed by atoms with van der Waals surface area (Å²) in [5, 5.41) is 2.95. The van der Waals surface area contributed by atoms with Crippen LogP contribution in [0.5, 0.6) is 11.5 Å². The van der Waals surface area contributed by atoms with Crippen molar-refractivity contribution in [1.29, 1.82) is 0 Å². The van der Waals surface area contributed by atoms with Gasteiger partial charge in [0.25, 0.3) is 10.0 Å². The van der Waals surface area contributed by atoms with E-state index in [4.69, 9.17) is 9.47 Å². The Morgan fingerprint density at radius 1 is 0.826 bits per heavy atom. The smallest absolute Gasteiger partial charge is 0.264 e. The zero-order valence-corrected chi connectivity index (χ0v) is 27.5. The fourth-order valence-electron chi connectivity index (χ4n) is 5.12. The van der Waals surface area contributed by atoms with Crippen molar-refractivity contribution in [3.8, 4) is 11.5 Å². The number of ether oxygens (including phenoxy) is 2. The van der Waals surface area contributed by atoms with Crippen LogP contribution < -0.4 is 19.1 Å². The van der Waals surface area contributed by atoms with Gasteiger partial charge in [0.2, 0.25) is 11.8 Å². The summed E-state index contributed by atoms with van der Waals surface area (Å²) in [5.74, 6) is 0.00233. The molecule has 0 unspecified atom stereocenters. The van der Waals surface area contributed by atoms with Gasteiger partial charge in [-0.2, -0.15) is 0 Å². The zero-order valence-electron chi connectivity index (χ0n) is 26.7. The highest BCUT2D eigenvalue weighted by molar-refractivity contribution is 7.92. The first-order chi connectivity index (χ1) is 22.2. The molecule has 0 aromatic heterocycles. The summed E-state index contributed by atoms with van der Waals surface area (Å²) in [6.45, 7) is 3.68. The topological polar surface area (TPSA) is 105 Å². The second kappa shape index (κ2) is 15.9. The summed E-state index contributed by atoms with van der Waals surface area (Å²) in [7, 11) is -1.24. The molecule has 0 saturated heterocycles. The molecule has 4 rings (SSSR count). The van der Waals surface area contributed by atoms with Crippen molar-refractivity contribution in [2.75, 3.05) is 31.6 Å². The Morgan fingerprint density at radius 2 is 1.50 bits per heavy atom. The highest BCUT2D eigenvalue weighted by atomic mass is 32.2. The average molecular weight is 644 g/mol. The summed E-state index contributed by atoms with van der Waals surface area (Å²) >= 11 is 0. The molecule has 9 nitrogen and oxygen atoms in total. The zero-order chi connectivity index (χ0) is 33.1. The van der Waals surface area contributed by atoms with Gasteiger partial charge in [-0.15, -0.1) is 0 Å². The number of benzene rings is 4. The van der Waals surface area contributed by atoms with Gasteiger partial charge < -0.3 is 19.7 Å². The van der Waals surface area contributed by atoms with Gasteiger partial charge in [-0.05, 0) is 66.4 Å². The lowest BCUT2D eigenvalue weighted by Gasteiger charge is -2.34. The number of hydrogen-bond donors (Lipinski definition) is 1. The maximum atomic E-state index is 14.6. The van der Waals surface area contributed by atoms with Crippen LogP contribution in [0.2, 0.25) is 0 Å². The lowest BCUT2D eigenvalue weighted by molar-refractivity contribution is -0.140. The Balaban J connectivity index is 1.85. The predicted molar refractivity (Wildman–Crippen MR) is 179 cm³/mol. The van der Waals surface area contributed by atoms with E-state index >= 15 is 0 Å². The molecule has 0 aliphatic carbocycles. The molecule has 0 aliphatic rings. The van der Waals surface area contributed by atoms with Crippen LogP contribution in [0.25, 0.3) is 0 Å². The van der Waals surface area contributed by atoms with Crippen LogP contribution >= 0.6 is 0 Å². The van der Waals surface area contributed by atoms with Crippen molar-refractivity contribution in [1.82, 2.24) is 10.2 Å². The molecule has 10 heteroatoms. The number of anilines is 1. The van der Waals surface area contributed by atoms with E-state index in [1.165, 1.54) is 24.1 Å². The van der Waals surface area contributed by atoms with Crippen LogP contribution in [0.3, 0.4) is 0 Å². The van der Waals surface area contributed by atoms with Crippen LogP contribution in [0.4, 0.5) is 5.69 Å². The molecule has 46 heavy (non-hydrogen) atoms. The Morgan fingerprint density at radius 3 is 2.15 bits per heavy atom. The average Bonchev–Trinajstić information content (AvgIpc) is 3.08. The summed E-state index contributed by atoms with van der Waals surface area (Å²) < 4.78 is 40.6. The number of aryl methyl sites for hydroxylation is 1. The molecule has 0 heterocycles. The van der Waals surface area contributed by atoms with Crippen LogP contribution in [-0.4, -0.2) is 58.5 Å². The lowest BCUT2D eigenvalue weighted by Crippen LogP contribution is -2.53. The molecule has 1 atom stereocenters. The summed E-state index contributed by atoms with van der Waals surface area (Å²) in [5.41, 5.74) is 2.58. The first-order valence-corrected chi connectivity index (χ1v) is 16.6. The Labute approximate surface area is 271 Å². The van der Waals surface area contributed by atoms with Crippen LogP contribution in [0, 0.1) is 6.92 Å². The number of amides is 2. The molecule has 0 fully saturated rings. The molecule has 0 aliphatic heterocycles. The van der Waals surface area contributed by atoms with Gasteiger partial charge >= 0.3 is 0 Å². The van der Waals surface area contributed by atoms with E-state index in [-0.39, 0.29) is 29.5 Å². The molecule has 2 amide bonds. The van der Waals surface area contributed by atoms with E-state index in [2.05, 4.69) is 5.32 Å². The number of carbonyl (C=O) groups excluding carboxylic acids is 2. The minimum atomic E-state index is -4.25. The van der Waals surface area contributed by atoms with E-state index < -0.39 is 28.5 Å². The Hall–Kier alpha value is -4.83. The van der Waals surface area contributed by atoms with Crippen molar-refractivity contribution in [3.05, 3.63) is 120 Å². The molecule has 0 spiro atoms. The van der Waals surface area contributed by atoms with Gasteiger partial charge in [-0.3, -0.25) is 13.9 Å². The number of nitrogens with one attached hydrogen (secondary N) is 1. The molecule has 4 aromatic rings. The third kappa shape index (κ3) is 8.45. The number of carbonyl (C=O) groups is 2. The monoisotopic (exact) mass is 643 g/mol. The van der Waals surface area contributed by atoms with Crippen LogP contribution in [0.15, 0.2) is 108 Å². The first kappa shape index (κ1) is 34.1. The molecular formula is C36H41N3O6S. The van der Waals surface area contributed by atoms with E-state index in [0.29, 0.717) is 24.5 Å². The maximum absolute atomic E-state index is 14.6. The quantitative estimate of drug-likeness (QED) is 0.187. The molecule has 242 valence electrons. The summed E-state index contributed by atoms with van der Waals surface area (Å²) in [4.78, 5) is 29.9. The molecular weight excluding hydrogens is 602 g/mol.